The van der Waals surface area contributed by atoms with E-state index >= 15 is 0 Å². The first-order valence-electron chi connectivity index (χ1n) is 5.21. The lowest BCUT2D eigenvalue weighted by molar-refractivity contribution is 0.657. The van der Waals surface area contributed by atoms with Crippen LogP contribution < -0.4 is 5.32 Å². The second kappa shape index (κ2) is 6.02. The number of rotatable bonds is 4. The van der Waals surface area contributed by atoms with Crippen LogP contribution in [-0.4, -0.2) is 9.78 Å². The summed E-state index contributed by atoms with van der Waals surface area (Å²) in [6, 6.07) is 3.28. The van der Waals surface area contributed by atoms with Gasteiger partial charge in [0.05, 0.1) is 6.54 Å². The summed E-state index contributed by atoms with van der Waals surface area (Å²) in [5.74, 6) is 0.871. The second-order valence-corrected chi connectivity index (χ2v) is 4.69. The zero-order valence-electron chi connectivity index (χ0n) is 9.74. The van der Waals surface area contributed by atoms with Crippen LogP contribution >= 0.6 is 23.7 Å². The quantitative estimate of drug-likeness (QED) is 0.926. The molecule has 0 amide bonds. The Bertz CT molecular complexity index is 481. The van der Waals surface area contributed by atoms with Crippen molar-refractivity contribution in [1.29, 1.82) is 0 Å². The fourth-order valence-corrected chi connectivity index (χ4v) is 2.14. The molecule has 0 bridgehead atoms. The predicted molar refractivity (Wildman–Crippen MR) is 71.5 cm³/mol. The Labute approximate surface area is 110 Å². The van der Waals surface area contributed by atoms with Gasteiger partial charge in [-0.05, 0) is 26.0 Å². The molecule has 2 heterocycles. The topological polar surface area (TPSA) is 29.9 Å². The zero-order chi connectivity index (χ0) is 11.5. The van der Waals surface area contributed by atoms with Crippen molar-refractivity contribution in [2.45, 2.75) is 26.9 Å². The van der Waals surface area contributed by atoms with Crippen molar-refractivity contribution in [2.24, 2.45) is 0 Å². The number of aryl methyl sites for hydroxylation is 2. The maximum Gasteiger partial charge on any atom is 0.176 e. The van der Waals surface area contributed by atoms with Gasteiger partial charge in [0.15, 0.2) is 10.9 Å². The van der Waals surface area contributed by atoms with E-state index < -0.39 is 0 Å². The summed E-state index contributed by atoms with van der Waals surface area (Å²) in [4.78, 5) is 0.975. The smallest absolute Gasteiger partial charge is 0.176 e. The van der Waals surface area contributed by atoms with Crippen molar-refractivity contribution in [1.82, 2.24) is 9.78 Å². The van der Waals surface area contributed by atoms with Gasteiger partial charge in [-0.2, -0.15) is 9.49 Å². The lowest BCUT2D eigenvalue weighted by Crippen LogP contribution is -2.01. The number of nitrogens with zero attached hydrogens (tertiary/aromatic N) is 2. The van der Waals surface area contributed by atoms with Gasteiger partial charge in [0, 0.05) is 23.2 Å². The van der Waals surface area contributed by atoms with Crippen LogP contribution in [-0.2, 0) is 13.1 Å². The largest absolute Gasteiger partial charge is 0.363 e. The lowest BCUT2D eigenvalue weighted by Gasteiger charge is -2.01. The average Bonchev–Trinajstić information content (AvgIpc) is 2.82. The monoisotopic (exact) mass is 275 g/mol. The minimum Gasteiger partial charge on any atom is -0.363 e. The molecular weight excluding hydrogens is 261 g/mol. The molecule has 2 aromatic heterocycles. The molecule has 2 rings (SSSR count). The number of anilines is 1. The Hall–Kier alpha value is -1.07. The van der Waals surface area contributed by atoms with Crippen LogP contribution in [0.3, 0.4) is 0 Å². The molecule has 0 fully saturated rings. The first-order chi connectivity index (χ1) is 7.69. The van der Waals surface area contributed by atoms with Crippen molar-refractivity contribution < 1.29 is 4.39 Å². The highest BCUT2D eigenvalue weighted by molar-refractivity contribution is 7.10. The first kappa shape index (κ1) is 14.0. The number of hydrogen-bond donors (Lipinski definition) is 1. The van der Waals surface area contributed by atoms with Crippen molar-refractivity contribution in [3.05, 3.63) is 33.9 Å². The second-order valence-electron chi connectivity index (χ2n) is 3.58. The molecule has 94 valence electrons. The Morgan fingerprint density at radius 1 is 1.47 bits per heavy atom. The van der Waals surface area contributed by atoms with E-state index in [4.69, 9.17) is 0 Å². The van der Waals surface area contributed by atoms with Gasteiger partial charge >= 0.3 is 0 Å². The minimum atomic E-state index is -0.146. The molecule has 0 saturated carbocycles. The van der Waals surface area contributed by atoms with E-state index in [1.54, 1.807) is 6.07 Å². The summed E-state index contributed by atoms with van der Waals surface area (Å²) >= 11 is 1.16. The Morgan fingerprint density at radius 2 is 2.24 bits per heavy atom. The van der Waals surface area contributed by atoms with Crippen LogP contribution in [0.25, 0.3) is 0 Å². The van der Waals surface area contributed by atoms with E-state index in [1.807, 2.05) is 24.7 Å². The molecule has 2 aromatic rings. The molecule has 0 aliphatic rings. The lowest BCUT2D eigenvalue weighted by atomic mass is 10.3. The van der Waals surface area contributed by atoms with E-state index in [-0.39, 0.29) is 17.5 Å². The SMILES string of the molecule is CCn1cc(C)c(NCc2ccc(F)s2)n1.Cl. The third-order valence-electron chi connectivity index (χ3n) is 2.33. The highest BCUT2D eigenvalue weighted by Crippen LogP contribution is 2.17. The van der Waals surface area contributed by atoms with Crippen LogP contribution in [0.4, 0.5) is 10.2 Å². The van der Waals surface area contributed by atoms with Gasteiger partial charge in [-0.25, -0.2) is 0 Å². The van der Waals surface area contributed by atoms with Crippen LogP contribution in [0.2, 0.25) is 0 Å². The maximum absolute atomic E-state index is 12.8. The summed E-state index contributed by atoms with van der Waals surface area (Å²) in [5.41, 5.74) is 1.11. The van der Waals surface area contributed by atoms with Crippen LogP contribution in [0.5, 0.6) is 0 Å². The summed E-state index contributed by atoms with van der Waals surface area (Å²) in [6.07, 6.45) is 2.00. The van der Waals surface area contributed by atoms with Crippen LogP contribution in [0, 0.1) is 12.1 Å². The number of hydrogen-bond acceptors (Lipinski definition) is 3. The normalized spacial score (nSPS) is 10.1. The van der Waals surface area contributed by atoms with Gasteiger partial charge < -0.3 is 5.32 Å². The molecule has 0 aliphatic heterocycles. The summed E-state index contributed by atoms with van der Waals surface area (Å²) in [7, 11) is 0. The molecular formula is C11H15ClFN3S. The molecule has 0 unspecified atom stereocenters. The van der Waals surface area contributed by atoms with Crippen molar-refractivity contribution in [2.75, 3.05) is 5.32 Å². The minimum absolute atomic E-state index is 0. The molecule has 6 heteroatoms. The van der Waals surface area contributed by atoms with Gasteiger partial charge in [0.1, 0.15) is 0 Å². The molecule has 0 aliphatic carbocycles. The molecule has 3 nitrogen and oxygen atoms in total. The fourth-order valence-electron chi connectivity index (χ4n) is 1.48. The summed E-state index contributed by atoms with van der Waals surface area (Å²) in [6.45, 7) is 5.54. The van der Waals surface area contributed by atoms with Gasteiger partial charge in [-0.3, -0.25) is 4.68 Å². The Kier molecular flexibility index (Phi) is 4.96. The Balaban J connectivity index is 0.00000144. The van der Waals surface area contributed by atoms with Gasteiger partial charge in [-0.1, -0.05) is 0 Å². The summed E-state index contributed by atoms with van der Waals surface area (Å²) < 4.78 is 14.6. The molecule has 1 N–H and O–H groups in total. The third-order valence-corrected chi connectivity index (χ3v) is 3.20. The standard InChI is InChI=1S/C11H14FN3S.ClH/c1-3-15-7-8(2)11(14-15)13-6-9-4-5-10(12)16-9;/h4-5,7H,3,6H2,1-2H3,(H,13,14);1H. The molecule has 0 radical (unpaired) electrons. The van der Waals surface area contributed by atoms with E-state index in [2.05, 4.69) is 10.4 Å². The number of nitrogens with one attached hydrogen (secondary N) is 1. The molecule has 0 aromatic carbocycles. The van der Waals surface area contributed by atoms with Crippen LogP contribution in [0.1, 0.15) is 17.4 Å². The number of aromatic nitrogens is 2. The molecule has 0 spiro atoms. The highest BCUT2D eigenvalue weighted by atomic mass is 35.5. The fraction of sp³-hybridized carbons (Fsp3) is 0.364. The van der Waals surface area contributed by atoms with Gasteiger partial charge in [0.25, 0.3) is 0 Å². The highest BCUT2D eigenvalue weighted by Gasteiger charge is 2.04. The van der Waals surface area contributed by atoms with E-state index in [9.17, 15) is 4.39 Å². The van der Waals surface area contributed by atoms with Gasteiger partial charge in [0.2, 0.25) is 0 Å². The number of halogens is 2. The molecule has 17 heavy (non-hydrogen) atoms. The maximum atomic E-state index is 12.8. The van der Waals surface area contributed by atoms with Gasteiger partial charge in [-0.15, -0.1) is 23.7 Å². The average molecular weight is 276 g/mol. The van der Waals surface area contributed by atoms with Crippen molar-refractivity contribution in [3.63, 3.8) is 0 Å². The van der Waals surface area contributed by atoms with E-state index in [0.29, 0.717) is 6.54 Å². The molecule has 0 atom stereocenters. The predicted octanol–water partition coefficient (Wildman–Crippen LogP) is 3.45. The van der Waals surface area contributed by atoms with Crippen molar-refractivity contribution >= 4 is 29.6 Å². The van der Waals surface area contributed by atoms with Crippen LogP contribution in [0.15, 0.2) is 18.3 Å². The Morgan fingerprint density at radius 3 is 2.76 bits per heavy atom. The zero-order valence-corrected chi connectivity index (χ0v) is 11.4. The third kappa shape index (κ3) is 3.44. The van der Waals surface area contributed by atoms with E-state index in [0.717, 1.165) is 34.1 Å². The molecule has 0 saturated heterocycles. The van der Waals surface area contributed by atoms with Crippen molar-refractivity contribution in [3.8, 4) is 0 Å². The van der Waals surface area contributed by atoms with E-state index in [1.165, 1.54) is 6.07 Å². The first-order valence-corrected chi connectivity index (χ1v) is 6.03. The number of thiophene rings is 1. The summed E-state index contributed by atoms with van der Waals surface area (Å²) in [5, 5.41) is 7.43.